The summed E-state index contributed by atoms with van der Waals surface area (Å²) in [5.41, 5.74) is 4.22. The molecule has 2 rings (SSSR count). The number of carbonyl (C=O) groups is 1. The smallest absolute Gasteiger partial charge is 0.328 e. The molecule has 0 saturated heterocycles. The molecule has 1 aromatic heterocycles. The fraction of sp³-hybridized carbons (Fsp3) is 0.200. The predicted molar refractivity (Wildman–Crippen MR) is 85.7 cm³/mol. The molecule has 0 aliphatic rings. The van der Waals surface area contributed by atoms with Crippen LogP contribution >= 0.6 is 0 Å². The number of nitrogens with zero attached hydrogens (tertiary/aromatic N) is 1. The number of rotatable bonds is 6. The van der Waals surface area contributed by atoms with Crippen molar-refractivity contribution >= 4 is 22.2 Å². The lowest BCUT2D eigenvalue weighted by Gasteiger charge is -2.09. The summed E-state index contributed by atoms with van der Waals surface area (Å²) >= 11 is 0. The average molecular weight is 352 g/mol. The maximum Gasteiger partial charge on any atom is 0.328 e. The maximum absolute atomic E-state index is 11.7. The Kier molecular flexibility index (Phi) is 5.37. The van der Waals surface area contributed by atoms with Crippen molar-refractivity contribution in [1.82, 2.24) is 5.43 Å². The zero-order chi connectivity index (χ0) is 17.7. The molecule has 24 heavy (non-hydrogen) atoms. The van der Waals surface area contributed by atoms with E-state index in [2.05, 4.69) is 10.5 Å². The highest BCUT2D eigenvalue weighted by Crippen LogP contribution is 2.20. The molecule has 9 heteroatoms. The Bertz CT molecular complexity index is 870. The molecule has 0 aliphatic carbocycles. The molecule has 0 radical (unpaired) electrons. The van der Waals surface area contributed by atoms with E-state index in [1.807, 2.05) is 26.0 Å². The molecule has 0 unspecified atom stereocenters. The molecule has 8 nitrogen and oxygen atoms in total. The van der Waals surface area contributed by atoms with Crippen molar-refractivity contribution in [2.75, 3.05) is 6.61 Å². The van der Waals surface area contributed by atoms with Gasteiger partial charge in [0.15, 0.2) is 6.61 Å². The van der Waals surface area contributed by atoms with Gasteiger partial charge >= 0.3 is 10.1 Å². The van der Waals surface area contributed by atoms with Crippen LogP contribution in [0.3, 0.4) is 0 Å². The number of amides is 1. The van der Waals surface area contributed by atoms with Crippen molar-refractivity contribution in [1.29, 1.82) is 0 Å². The number of hydrogen-bond donors (Lipinski definition) is 2. The third kappa shape index (κ3) is 4.67. The Labute approximate surface area is 138 Å². The first-order valence-electron chi connectivity index (χ1n) is 6.85. The molecule has 0 aliphatic heterocycles. The Morgan fingerprint density at radius 1 is 1.33 bits per heavy atom. The summed E-state index contributed by atoms with van der Waals surface area (Å²) in [7, 11) is -4.41. The van der Waals surface area contributed by atoms with Crippen molar-refractivity contribution in [3.8, 4) is 5.75 Å². The Morgan fingerprint density at radius 2 is 2.08 bits per heavy atom. The maximum atomic E-state index is 11.7. The van der Waals surface area contributed by atoms with Gasteiger partial charge in [-0.3, -0.25) is 9.35 Å². The Balaban J connectivity index is 1.87. The fourth-order valence-electron chi connectivity index (χ4n) is 1.77. The second kappa shape index (κ2) is 7.28. The number of carbonyl (C=O) groups excluding carboxylic acids is 1. The molecule has 0 atom stereocenters. The molecule has 1 heterocycles. The van der Waals surface area contributed by atoms with Gasteiger partial charge in [0, 0.05) is 0 Å². The van der Waals surface area contributed by atoms with Gasteiger partial charge in [-0.25, -0.2) is 5.43 Å². The molecule has 2 N–H and O–H groups in total. The number of benzene rings is 1. The number of hydrazone groups is 1. The van der Waals surface area contributed by atoms with Crippen LogP contribution < -0.4 is 10.2 Å². The van der Waals surface area contributed by atoms with Crippen molar-refractivity contribution in [3.05, 3.63) is 47.2 Å². The molecule has 128 valence electrons. The van der Waals surface area contributed by atoms with Crippen LogP contribution in [0.15, 0.2) is 44.9 Å². The zero-order valence-corrected chi connectivity index (χ0v) is 13.8. The van der Waals surface area contributed by atoms with Crippen LogP contribution in [0.2, 0.25) is 0 Å². The van der Waals surface area contributed by atoms with Gasteiger partial charge in [0.05, 0.1) is 6.21 Å². The van der Waals surface area contributed by atoms with Gasteiger partial charge < -0.3 is 9.15 Å². The molecular weight excluding hydrogens is 336 g/mol. The minimum atomic E-state index is -4.41. The van der Waals surface area contributed by atoms with Gasteiger partial charge in [-0.1, -0.05) is 12.1 Å². The first-order chi connectivity index (χ1) is 11.3. The number of aryl methyl sites for hydroxylation is 1. The molecule has 1 aromatic carbocycles. The SMILES string of the molecule is Cc1cccc(OCC(=O)NN=Cc2ccc(S(=O)(=O)O)o2)c1C. The summed E-state index contributed by atoms with van der Waals surface area (Å²) in [4.78, 5) is 11.7. The zero-order valence-electron chi connectivity index (χ0n) is 13.0. The van der Waals surface area contributed by atoms with E-state index in [0.29, 0.717) is 5.75 Å². The van der Waals surface area contributed by atoms with Gasteiger partial charge in [-0.15, -0.1) is 0 Å². The second-order valence-electron chi connectivity index (χ2n) is 4.91. The average Bonchev–Trinajstić information content (AvgIpc) is 2.98. The summed E-state index contributed by atoms with van der Waals surface area (Å²) in [5.74, 6) is 0.171. The quantitative estimate of drug-likeness (QED) is 0.464. The lowest BCUT2D eigenvalue weighted by Crippen LogP contribution is -2.24. The second-order valence-corrected chi connectivity index (χ2v) is 6.26. The topological polar surface area (TPSA) is 118 Å². The van der Waals surface area contributed by atoms with E-state index in [0.717, 1.165) is 23.4 Å². The highest BCUT2D eigenvalue weighted by Gasteiger charge is 2.14. The monoisotopic (exact) mass is 352 g/mol. The van der Waals surface area contributed by atoms with Crippen LogP contribution in [0.25, 0.3) is 0 Å². The summed E-state index contributed by atoms with van der Waals surface area (Å²) < 4.78 is 40.7. The molecule has 0 fully saturated rings. The van der Waals surface area contributed by atoms with E-state index < -0.39 is 21.1 Å². The van der Waals surface area contributed by atoms with Gasteiger partial charge in [0.2, 0.25) is 5.09 Å². The van der Waals surface area contributed by atoms with Crippen LogP contribution in [0.1, 0.15) is 16.9 Å². The Morgan fingerprint density at radius 3 is 2.75 bits per heavy atom. The number of furan rings is 1. The van der Waals surface area contributed by atoms with E-state index in [-0.39, 0.29) is 12.4 Å². The fourth-order valence-corrected chi connectivity index (χ4v) is 2.21. The van der Waals surface area contributed by atoms with Crippen molar-refractivity contribution < 1.29 is 26.9 Å². The van der Waals surface area contributed by atoms with E-state index in [1.165, 1.54) is 6.07 Å². The number of hydrogen-bond acceptors (Lipinski definition) is 6. The van der Waals surface area contributed by atoms with Crippen molar-refractivity contribution in [2.24, 2.45) is 5.10 Å². The highest BCUT2D eigenvalue weighted by molar-refractivity contribution is 7.85. The molecule has 2 aromatic rings. The summed E-state index contributed by atoms with van der Waals surface area (Å²) in [6.07, 6.45) is 1.10. The third-order valence-electron chi connectivity index (χ3n) is 3.15. The van der Waals surface area contributed by atoms with Gasteiger partial charge in [-0.2, -0.15) is 13.5 Å². The summed E-state index contributed by atoms with van der Waals surface area (Å²) in [6.45, 7) is 3.61. The minimum Gasteiger partial charge on any atom is -0.483 e. The van der Waals surface area contributed by atoms with Crippen LogP contribution in [0.5, 0.6) is 5.75 Å². The van der Waals surface area contributed by atoms with Crippen LogP contribution in [0.4, 0.5) is 0 Å². The lowest BCUT2D eigenvalue weighted by atomic mass is 10.1. The molecule has 1 amide bonds. The van der Waals surface area contributed by atoms with E-state index in [4.69, 9.17) is 13.7 Å². The third-order valence-corrected chi connectivity index (χ3v) is 3.88. The summed E-state index contributed by atoms with van der Waals surface area (Å²) in [5, 5.41) is 3.01. The van der Waals surface area contributed by atoms with Crippen LogP contribution in [-0.4, -0.2) is 31.7 Å². The van der Waals surface area contributed by atoms with Gasteiger partial charge in [0.1, 0.15) is 11.5 Å². The Hall–Kier alpha value is -2.65. The molecule has 0 bridgehead atoms. The molecule has 0 saturated carbocycles. The van der Waals surface area contributed by atoms with Gasteiger partial charge in [0.25, 0.3) is 5.91 Å². The van der Waals surface area contributed by atoms with Crippen molar-refractivity contribution in [3.63, 3.8) is 0 Å². The molecule has 0 spiro atoms. The minimum absolute atomic E-state index is 0.0540. The first-order valence-corrected chi connectivity index (χ1v) is 8.29. The largest absolute Gasteiger partial charge is 0.483 e. The lowest BCUT2D eigenvalue weighted by molar-refractivity contribution is -0.123. The normalized spacial score (nSPS) is 11.6. The standard InChI is InChI=1S/C15H16N2O6S/c1-10-4-3-5-13(11(10)2)22-9-14(18)17-16-8-12-6-7-15(23-12)24(19,20)21/h3-8H,9H2,1-2H3,(H,17,18)(H,19,20,21). The van der Waals surface area contributed by atoms with Gasteiger partial charge in [-0.05, 0) is 43.2 Å². The predicted octanol–water partition coefficient (Wildman–Crippen LogP) is 1.67. The van der Waals surface area contributed by atoms with Crippen molar-refractivity contribution in [2.45, 2.75) is 18.9 Å². The highest BCUT2D eigenvalue weighted by atomic mass is 32.2. The summed E-state index contributed by atoms with van der Waals surface area (Å²) in [6, 6.07) is 7.89. The van der Waals surface area contributed by atoms with Crippen LogP contribution in [-0.2, 0) is 14.9 Å². The van der Waals surface area contributed by atoms with E-state index >= 15 is 0 Å². The number of nitrogens with one attached hydrogen (secondary N) is 1. The molecular formula is C15H16N2O6S. The van der Waals surface area contributed by atoms with Crippen LogP contribution in [0, 0.1) is 13.8 Å². The number of ether oxygens (including phenoxy) is 1. The van der Waals surface area contributed by atoms with E-state index in [9.17, 15) is 13.2 Å². The first kappa shape index (κ1) is 17.7. The van der Waals surface area contributed by atoms with E-state index in [1.54, 1.807) is 6.07 Å².